The van der Waals surface area contributed by atoms with Crippen molar-refractivity contribution in [3.8, 4) is 0 Å². The highest BCUT2D eigenvalue weighted by molar-refractivity contribution is 7.99. The number of hydrogen-bond acceptors (Lipinski definition) is 7. The minimum atomic E-state index is -0.00618. The van der Waals surface area contributed by atoms with Crippen molar-refractivity contribution >= 4 is 11.8 Å². The van der Waals surface area contributed by atoms with Crippen LogP contribution in [-0.4, -0.2) is 30.3 Å². The topological polar surface area (TPSA) is 82.5 Å². The maximum atomic E-state index is 5.26. The molecule has 7 nitrogen and oxygen atoms in total. The molecule has 2 aromatic heterocycles. The predicted octanol–water partition coefficient (Wildman–Crippen LogP) is 2.52. The van der Waals surface area contributed by atoms with Crippen molar-refractivity contribution in [1.82, 2.24) is 30.3 Å². The largest absolute Gasteiger partial charge is 0.338 e. The number of hydrogen-bond donors (Lipinski definition) is 0. The van der Waals surface area contributed by atoms with Crippen LogP contribution in [0.25, 0.3) is 0 Å². The van der Waals surface area contributed by atoms with Gasteiger partial charge in [0.15, 0.2) is 5.82 Å². The van der Waals surface area contributed by atoms with Crippen molar-refractivity contribution in [2.75, 3.05) is 0 Å². The second-order valence-corrected chi connectivity index (χ2v) is 6.08. The second kappa shape index (κ2) is 6.69. The van der Waals surface area contributed by atoms with Crippen molar-refractivity contribution in [3.63, 3.8) is 0 Å². The van der Waals surface area contributed by atoms with Crippen molar-refractivity contribution < 1.29 is 4.52 Å². The summed E-state index contributed by atoms with van der Waals surface area (Å²) in [5, 5.41) is 16.5. The van der Waals surface area contributed by atoms with Crippen molar-refractivity contribution in [3.05, 3.63) is 47.6 Å². The SMILES string of the molecule is CCc1noc(C(C)Sc2nnnn2Cc2ccccc2)n1. The summed E-state index contributed by atoms with van der Waals surface area (Å²) in [6.45, 7) is 4.62. The van der Waals surface area contributed by atoms with Gasteiger partial charge in [0.05, 0.1) is 11.8 Å². The predicted molar refractivity (Wildman–Crippen MR) is 81.3 cm³/mol. The minimum Gasteiger partial charge on any atom is -0.338 e. The fourth-order valence-corrected chi connectivity index (χ4v) is 2.74. The van der Waals surface area contributed by atoms with Crippen LogP contribution in [0.5, 0.6) is 0 Å². The van der Waals surface area contributed by atoms with Gasteiger partial charge in [-0.05, 0) is 22.9 Å². The lowest BCUT2D eigenvalue weighted by Gasteiger charge is -2.07. The average molecular weight is 316 g/mol. The highest BCUT2D eigenvalue weighted by Crippen LogP contribution is 2.32. The van der Waals surface area contributed by atoms with Gasteiger partial charge < -0.3 is 4.52 Å². The molecule has 0 spiro atoms. The third kappa shape index (κ3) is 3.33. The van der Waals surface area contributed by atoms with Crippen LogP contribution in [0.4, 0.5) is 0 Å². The number of rotatable bonds is 6. The molecule has 0 aliphatic carbocycles. The van der Waals surface area contributed by atoms with Crippen molar-refractivity contribution in [1.29, 1.82) is 0 Å². The molecule has 0 fully saturated rings. The van der Waals surface area contributed by atoms with Crippen LogP contribution in [0.3, 0.4) is 0 Å². The molecule has 0 saturated carbocycles. The molecular formula is C14H16N6OS. The average Bonchev–Trinajstić information content (AvgIpc) is 3.18. The molecule has 3 aromatic rings. The standard InChI is InChI=1S/C14H16N6OS/c1-3-12-15-13(21-17-12)10(2)22-14-16-18-19-20(14)9-11-7-5-4-6-8-11/h4-8,10H,3,9H2,1-2H3. The first-order valence-corrected chi connectivity index (χ1v) is 7.93. The van der Waals surface area contributed by atoms with E-state index in [0.29, 0.717) is 18.3 Å². The molecule has 2 heterocycles. The molecular weight excluding hydrogens is 300 g/mol. The molecule has 0 amide bonds. The Hall–Kier alpha value is -2.22. The number of thioether (sulfide) groups is 1. The number of nitrogens with zero attached hydrogens (tertiary/aromatic N) is 6. The van der Waals surface area contributed by atoms with Gasteiger partial charge in [-0.3, -0.25) is 0 Å². The van der Waals surface area contributed by atoms with Gasteiger partial charge in [0.25, 0.3) is 0 Å². The van der Waals surface area contributed by atoms with Crippen LogP contribution in [0.15, 0.2) is 40.0 Å². The van der Waals surface area contributed by atoms with E-state index in [0.717, 1.165) is 17.1 Å². The molecule has 0 N–H and O–H groups in total. The normalized spacial score (nSPS) is 12.5. The summed E-state index contributed by atoms with van der Waals surface area (Å²) in [5.74, 6) is 1.31. The summed E-state index contributed by atoms with van der Waals surface area (Å²) >= 11 is 1.50. The summed E-state index contributed by atoms with van der Waals surface area (Å²) in [7, 11) is 0. The van der Waals surface area contributed by atoms with E-state index < -0.39 is 0 Å². The van der Waals surface area contributed by atoms with Crippen molar-refractivity contribution in [2.24, 2.45) is 0 Å². The lowest BCUT2D eigenvalue weighted by atomic mass is 10.2. The van der Waals surface area contributed by atoms with Crippen molar-refractivity contribution in [2.45, 2.75) is 37.2 Å². The molecule has 0 aliphatic rings. The van der Waals surface area contributed by atoms with Gasteiger partial charge in [0, 0.05) is 6.42 Å². The third-order valence-corrected chi connectivity index (χ3v) is 4.16. The molecule has 1 aromatic carbocycles. The Morgan fingerprint density at radius 1 is 1.27 bits per heavy atom. The Balaban J connectivity index is 1.72. The summed E-state index contributed by atoms with van der Waals surface area (Å²) in [5.41, 5.74) is 1.15. The summed E-state index contributed by atoms with van der Waals surface area (Å²) < 4.78 is 7.04. The first-order chi connectivity index (χ1) is 10.8. The Bertz CT molecular complexity index is 726. The smallest absolute Gasteiger partial charge is 0.239 e. The zero-order chi connectivity index (χ0) is 15.4. The zero-order valence-electron chi connectivity index (χ0n) is 12.4. The molecule has 3 rings (SSSR count). The second-order valence-electron chi connectivity index (χ2n) is 4.77. The van der Waals surface area contributed by atoms with E-state index in [1.807, 2.05) is 44.2 Å². The van der Waals surface area contributed by atoms with Gasteiger partial charge in [0.1, 0.15) is 0 Å². The fraction of sp³-hybridized carbons (Fsp3) is 0.357. The number of tetrazole rings is 1. The molecule has 0 aliphatic heterocycles. The highest BCUT2D eigenvalue weighted by Gasteiger charge is 2.19. The van der Waals surface area contributed by atoms with E-state index in [2.05, 4.69) is 25.7 Å². The quantitative estimate of drug-likeness (QED) is 0.646. The number of benzene rings is 1. The Labute approximate surface area is 132 Å². The Kier molecular flexibility index (Phi) is 4.47. The summed E-state index contributed by atoms with van der Waals surface area (Å²) in [6.07, 6.45) is 0.757. The van der Waals surface area contributed by atoms with Gasteiger partial charge in [-0.2, -0.15) is 4.98 Å². The zero-order valence-corrected chi connectivity index (χ0v) is 13.2. The van der Waals surface area contributed by atoms with Crippen LogP contribution in [0, 0.1) is 0 Å². The molecule has 0 saturated heterocycles. The number of aromatic nitrogens is 6. The van der Waals surface area contributed by atoms with E-state index in [1.165, 1.54) is 11.8 Å². The molecule has 22 heavy (non-hydrogen) atoms. The van der Waals surface area contributed by atoms with E-state index >= 15 is 0 Å². The highest BCUT2D eigenvalue weighted by atomic mass is 32.2. The lowest BCUT2D eigenvalue weighted by Crippen LogP contribution is -2.04. The van der Waals surface area contributed by atoms with Gasteiger partial charge >= 0.3 is 0 Å². The third-order valence-electron chi connectivity index (χ3n) is 3.10. The fourth-order valence-electron chi connectivity index (χ4n) is 1.92. The van der Waals surface area contributed by atoms with Gasteiger partial charge in [-0.1, -0.05) is 54.2 Å². The van der Waals surface area contributed by atoms with Crippen LogP contribution < -0.4 is 0 Å². The molecule has 1 atom stereocenters. The first-order valence-electron chi connectivity index (χ1n) is 7.05. The first kappa shape index (κ1) is 14.7. The lowest BCUT2D eigenvalue weighted by molar-refractivity contribution is 0.375. The van der Waals surface area contributed by atoms with Crippen LogP contribution in [0.1, 0.15) is 36.4 Å². The van der Waals surface area contributed by atoms with Crippen LogP contribution in [-0.2, 0) is 13.0 Å². The Morgan fingerprint density at radius 2 is 2.09 bits per heavy atom. The molecule has 0 radical (unpaired) electrons. The Morgan fingerprint density at radius 3 is 2.82 bits per heavy atom. The van der Waals surface area contributed by atoms with Gasteiger partial charge in [-0.25, -0.2) is 4.68 Å². The molecule has 1 unspecified atom stereocenters. The maximum absolute atomic E-state index is 5.26. The maximum Gasteiger partial charge on any atom is 0.239 e. The summed E-state index contributed by atoms with van der Waals surface area (Å²) in [6, 6.07) is 10.1. The van der Waals surface area contributed by atoms with Crippen LogP contribution in [0.2, 0.25) is 0 Å². The van der Waals surface area contributed by atoms with Crippen LogP contribution >= 0.6 is 11.8 Å². The van der Waals surface area contributed by atoms with E-state index in [4.69, 9.17) is 4.52 Å². The molecule has 114 valence electrons. The van der Waals surface area contributed by atoms with Gasteiger partial charge in [-0.15, -0.1) is 5.10 Å². The molecule has 0 bridgehead atoms. The van der Waals surface area contributed by atoms with E-state index in [1.54, 1.807) is 4.68 Å². The minimum absolute atomic E-state index is 0.00618. The monoisotopic (exact) mass is 316 g/mol. The van der Waals surface area contributed by atoms with E-state index in [9.17, 15) is 0 Å². The number of aryl methyl sites for hydroxylation is 1. The van der Waals surface area contributed by atoms with Gasteiger partial charge in [0.2, 0.25) is 11.0 Å². The summed E-state index contributed by atoms with van der Waals surface area (Å²) in [4.78, 5) is 4.35. The van der Waals surface area contributed by atoms with E-state index in [-0.39, 0.29) is 5.25 Å². The molecule has 8 heteroatoms.